The van der Waals surface area contributed by atoms with Crippen LogP contribution in [0.3, 0.4) is 0 Å². The summed E-state index contributed by atoms with van der Waals surface area (Å²) in [4.78, 5) is 17.2. The van der Waals surface area contributed by atoms with Crippen molar-refractivity contribution in [3.05, 3.63) is 35.4 Å². The summed E-state index contributed by atoms with van der Waals surface area (Å²) in [6, 6.07) is 7.86. The minimum atomic E-state index is -2.86. The van der Waals surface area contributed by atoms with E-state index in [1.807, 2.05) is 29.2 Å². The van der Waals surface area contributed by atoms with Crippen LogP contribution in [0.25, 0.3) is 0 Å². The van der Waals surface area contributed by atoms with Crippen molar-refractivity contribution in [1.29, 1.82) is 0 Å². The van der Waals surface area contributed by atoms with Crippen LogP contribution in [0.5, 0.6) is 0 Å². The van der Waals surface area contributed by atoms with Crippen molar-refractivity contribution < 1.29 is 13.2 Å². The van der Waals surface area contributed by atoms with Gasteiger partial charge in [0.05, 0.1) is 11.5 Å². The van der Waals surface area contributed by atoms with E-state index in [2.05, 4.69) is 10.2 Å². The quantitative estimate of drug-likeness (QED) is 0.832. The maximum Gasteiger partial charge on any atom is 0.253 e. The third kappa shape index (κ3) is 4.52. The van der Waals surface area contributed by atoms with Crippen LogP contribution in [0.2, 0.25) is 0 Å². The van der Waals surface area contributed by atoms with E-state index in [0.29, 0.717) is 31.5 Å². The van der Waals surface area contributed by atoms with E-state index in [0.717, 1.165) is 50.1 Å². The van der Waals surface area contributed by atoms with Crippen LogP contribution in [0.4, 0.5) is 0 Å². The van der Waals surface area contributed by atoms with Crippen molar-refractivity contribution in [2.45, 2.75) is 19.4 Å². The second kappa shape index (κ2) is 7.89. The Morgan fingerprint density at radius 2 is 1.70 bits per heavy atom. The number of carbonyl (C=O) groups excluding carboxylic acids is 1. The van der Waals surface area contributed by atoms with Gasteiger partial charge in [0, 0.05) is 38.3 Å². The molecule has 0 aliphatic carbocycles. The number of benzene rings is 1. The second-order valence-corrected chi connectivity index (χ2v) is 10.5. The molecule has 3 aliphatic heterocycles. The molecule has 3 fully saturated rings. The molecule has 0 spiro atoms. The molecule has 0 saturated carbocycles. The Labute approximate surface area is 161 Å². The van der Waals surface area contributed by atoms with Crippen LogP contribution in [0.15, 0.2) is 24.3 Å². The lowest BCUT2D eigenvalue weighted by atomic mass is 9.92. The molecule has 0 radical (unpaired) electrons. The van der Waals surface area contributed by atoms with Crippen LogP contribution in [-0.2, 0) is 16.4 Å². The molecule has 0 aromatic heterocycles. The Hall–Kier alpha value is -1.44. The summed E-state index contributed by atoms with van der Waals surface area (Å²) in [5, 5.41) is 3.47. The Morgan fingerprint density at radius 1 is 1.04 bits per heavy atom. The Morgan fingerprint density at radius 3 is 2.37 bits per heavy atom. The fraction of sp³-hybridized carbons (Fsp3) is 0.650. The zero-order valence-corrected chi connectivity index (χ0v) is 16.6. The number of sulfone groups is 1. The van der Waals surface area contributed by atoms with E-state index in [-0.39, 0.29) is 17.4 Å². The lowest BCUT2D eigenvalue weighted by Gasteiger charge is -2.27. The number of amides is 1. The minimum absolute atomic E-state index is 0.131. The summed E-state index contributed by atoms with van der Waals surface area (Å²) in [5.74, 6) is 2.02. The zero-order valence-electron chi connectivity index (χ0n) is 15.8. The van der Waals surface area contributed by atoms with Crippen LogP contribution in [0, 0.1) is 11.8 Å². The first-order valence-corrected chi connectivity index (χ1v) is 11.8. The molecule has 1 N–H and O–H groups in total. The molecule has 148 valence electrons. The normalized spacial score (nSPS) is 28.5. The first-order chi connectivity index (χ1) is 13.0. The summed E-state index contributed by atoms with van der Waals surface area (Å²) in [5.41, 5.74) is 1.83. The summed E-state index contributed by atoms with van der Waals surface area (Å²) < 4.78 is 23.2. The molecule has 4 rings (SSSR count). The Balaban J connectivity index is 1.39. The lowest BCUT2D eigenvalue weighted by Crippen LogP contribution is -2.39. The number of hydrogen-bond acceptors (Lipinski definition) is 5. The predicted octanol–water partition coefficient (Wildman–Crippen LogP) is 0.989. The first kappa shape index (κ1) is 18.9. The van der Waals surface area contributed by atoms with Gasteiger partial charge in [-0.05, 0) is 55.5 Å². The maximum atomic E-state index is 13.0. The number of carbonyl (C=O) groups is 1. The standard InChI is InChI=1S/C20H29N3O3S/c24-20(23-6-4-18-13-21-14-19(18)5-7-23)17-3-1-2-16(12-17)15-22-8-10-27(25,26)11-9-22/h1-3,12,18-19,21H,4-11,13-15H2/t18-,19+. The molecule has 6 nitrogen and oxygen atoms in total. The average molecular weight is 392 g/mol. The van der Waals surface area contributed by atoms with Crippen molar-refractivity contribution in [2.24, 2.45) is 11.8 Å². The summed E-state index contributed by atoms with van der Waals surface area (Å²) in [7, 11) is -2.86. The van der Waals surface area contributed by atoms with Crippen LogP contribution < -0.4 is 5.32 Å². The molecule has 3 saturated heterocycles. The average Bonchev–Trinajstić information content (AvgIpc) is 3.02. The van der Waals surface area contributed by atoms with Gasteiger partial charge in [0.1, 0.15) is 0 Å². The van der Waals surface area contributed by atoms with Crippen molar-refractivity contribution in [3.63, 3.8) is 0 Å². The zero-order chi connectivity index (χ0) is 18.9. The highest BCUT2D eigenvalue weighted by molar-refractivity contribution is 7.91. The molecule has 7 heteroatoms. The van der Waals surface area contributed by atoms with Gasteiger partial charge < -0.3 is 10.2 Å². The third-order valence-electron chi connectivity index (χ3n) is 6.32. The van der Waals surface area contributed by atoms with Gasteiger partial charge >= 0.3 is 0 Å². The van der Waals surface area contributed by atoms with Gasteiger partial charge in [0.25, 0.3) is 5.91 Å². The van der Waals surface area contributed by atoms with Crippen LogP contribution in [0.1, 0.15) is 28.8 Å². The second-order valence-electron chi connectivity index (χ2n) is 8.18. The van der Waals surface area contributed by atoms with E-state index in [4.69, 9.17) is 0 Å². The van der Waals surface area contributed by atoms with Crippen LogP contribution in [-0.4, -0.2) is 74.9 Å². The molecule has 1 aromatic rings. The van der Waals surface area contributed by atoms with Gasteiger partial charge in [0.2, 0.25) is 0 Å². The molecular formula is C20H29N3O3S. The van der Waals surface area contributed by atoms with Gasteiger partial charge in [-0.15, -0.1) is 0 Å². The number of rotatable bonds is 3. The minimum Gasteiger partial charge on any atom is -0.339 e. The molecule has 3 aliphatic rings. The predicted molar refractivity (Wildman–Crippen MR) is 105 cm³/mol. The SMILES string of the molecule is O=C(c1cccc(CN2CCS(=O)(=O)CC2)c1)N1CC[C@@H]2CNC[C@@H]2CC1. The van der Waals surface area contributed by atoms with Gasteiger partial charge in [0.15, 0.2) is 9.84 Å². The van der Waals surface area contributed by atoms with E-state index < -0.39 is 9.84 Å². The number of nitrogens with zero attached hydrogens (tertiary/aromatic N) is 2. The van der Waals surface area contributed by atoms with Crippen molar-refractivity contribution >= 4 is 15.7 Å². The number of fused-ring (bicyclic) bond motifs is 1. The summed E-state index contributed by atoms with van der Waals surface area (Å²) >= 11 is 0. The van der Waals surface area contributed by atoms with E-state index >= 15 is 0 Å². The molecule has 2 atom stereocenters. The fourth-order valence-electron chi connectivity index (χ4n) is 4.57. The molecule has 3 heterocycles. The highest BCUT2D eigenvalue weighted by Crippen LogP contribution is 2.27. The monoisotopic (exact) mass is 391 g/mol. The largest absolute Gasteiger partial charge is 0.339 e. The van der Waals surface area contributed by atoms with Gasteiger partial charge in [-0.3, -0.25) is 9.69 Å². The van der Waals surface area contributed by atoms with Gasteiger partial charge in [-0.25, -0.2) is 8.42 Å². The highest BCUT2D eigenvalue weighted by Gasteiger charge is 2.31. The Kier molecular flexibility index (Phi) is 5.53. The topological polar surface area (TPSA) is 69.7 Å². The number of hydrogen-bond donors (Lipinski definition) is 1. The van der Waals surface area contributed by atoms with Crippen molar-refractivity contribution in [3.8, 4) is 0 Å². The van der Waals surface area contributed by atoms with Gasteiger partial charge in [-0.2, -0.15) is 0 Å². The molecule has 1 amide bonds. The third-order valence-corrected chi connectivity index (χ3v) is 7.93. The van der Waals surface area contributed by atoms with Crippen LogP contribution >= 0.6 is 0 Å². The smallest absolute Gasteiger partial charge is 0.253 e. The first-order valence-electron chi connectivity index (χ1n) is 10.0. The summed E-state index contributed by atoms with van der Waals surface area (Å²) in [6.07, 6.45) is 2.18. The molecule has 0 bridgehead atoms. The maximum absolute atomic E-state index is 13.0. The Bertz CT molecular complexity index is 767. The number of nitrogens with one attached hydrogen (secondary N) is 1. The summed E-state index contributed by atoms with van der Waals surface area (Å²) in [6.45, 7) is 5.71. The molecule has 0 unspecified atom stereocenters. The van der Waals surface area contributed by atoms with Gasteiger partial charge in [-0.1, -0.05) is 12.1 Å². The van der Waals surface area contributed by atoms with E-state index in [1.165, 1.54) is 0 Å². The molecule has 27 heavy (non-hydrogen) atoms. The molecule has 1 aromatic carbocycles. The fourth-order valence-corrected chi connectivity index (χ4v) is 5.85. The highest BCUT2D eigenvalue weighted by atomic mass is 32.2. The number of likely N-dealkylation sites (tertiary alicyclic amines) is 1. The van der Waals surface area contributed by atoms with E-state index in [1.54, 1.807) is 0 Å². The molecular weight excluding hydrogens is 362 g/mol. The van der Waals surface area contributed by atoms with Crippen molar-refractivity contribution in [1.82, 2.24) is 15.1 Å². The van der Waals surface area contributed by atoms with E-state index in [9.17, 15) is 13.2 Å². The lowest BCUT2D eigenvalue weighted by molar-refractivity contribution is 0.0758. The van der Waals surface area contributed by atoms with Crippen molar-refractivity contribution in [2.75, 3.05) is 50.8 Å².